The predicted octanol–water partition coefficient (Wildman–Crippen LogP) is 3.47. The van der Waals surface area contributed by atoms with Crippen LogP contribution in [-0.2, 0) is 21.2 Å². The van der Waals surface area contributed by atoms with Crippen LogP contribution in [0.5, 0.6) is 0 Å². The van der Waals surface area contributed by atoms with E-state index in [0.29, 0.717) is 31.0 Å². The summed E-state index contributed by atoms with van der Waals surface area (Å²) in [6.07, 6.45) is 3.06. The van der Waals surface area contributed by atoms with Gasteiger partial charge in [0.15, 0.2) is 0 Å². The number of carbonyl (C=O) groups excluding carboxylic acids is 1. The fraction of sp³-hybridized carbons (Fsp3) is 0.350. The van der Waals surface area contributed by atoms with Gasteiger partial charge < -0.3 is 4.90 Å². The van der Waals surface area contributed by atoms with Gasteiger partial charge in [-0.3, -0.25) is 4.79 Å². The number of para-hydroxylation sites is 1. The Labute approximate surface area is 164 Å². The van der Waals surface area contributed by atoms with E-state index in [4.69, 9.17) is 11.6 Å². The lowest BCUT2D eigenvalue weighted by Gasteiger charge is -2.33. The first-order chi connectivity index (χ1) is 13.0. The lowest BCUT2D eigenvalue weighted by molar-refractivity contribution is -0.121. The summed E-state index contributed by atoms with van der Waals surface area (Å²) in [5, 5.41) is 0.480. The van der Waals surface area contributed by atoms with Crippen LogP contribution >= 0.6 is 11.6 Å². The van der Waals surface area contributed by atoms with Crippen molar-refractivity contribution in [1.82, 2.24) is 4.31 Å². The maximum Gasteiger partial charge on any atom is 0.245 e. The zero-order chi connectivity index (χ0) is 19.0. The number of anilines is 1. The van der Waals surface area contributed by atoms with E-state index in [9.17, 15) is 13.2 Å². The van der Waals surface area contributed by atoms with Crippen LogP contribution in [0.1, 0.15) is 24.8 Å². The molecule has 0 aliphatic carbocycles. The number of aryl methyl sites for hydroxylation is 1. The third-order valence-electron chi connectivity index (χ3n) is 5.29. The summed E-state index contributed by atoms with van der Waals surface area (Å²) in [5.41, 5.74) is 2.05. The summed E-state index contributed by atoms with van der Waals surface area (Å²) in [7, 11) is -3.74. The average molecular weight is 405 g/mol. The Hall–Kier alpha value is -1.89. The number of benzene rings is 2. The topological polar surface area (TPSA) is 57.7 Å². The molecule has 1 saturated heterocycles. The second-order valence-corrected chi connectivity index (χ2v) is 9.28. The molecule has 0 saturated carbocycles. The number of fused-ring (bicyclic) bond motifs is 1. The minimum absolute atomic E-state index is 0.128. The standard InChI is InChI=1S/C20H21ClN2O3S/c21-16-9-11-17(12-10-16)27(25,26)23-14-4-8-19(23)20(24)22-13-3-6-15-5-1-2-7-18(15)22/h1-2,5,7,9-12,19H,3-4,6,8,13-14H2/t19-/m1/s1. The molecule has 27 heavy (non-hydrogen) atoms. The van der Waals surface area contributed by atoms with Crippen molar-refractivity contribution >= 4 is 33.2 Å². The predicted molar refractivity (Wildman–Crippen MR) is 105 cm³/mol. The molecule has 0 bridgehead atoms. The Kier molecular flexibility index (Phi) is 4.97. The second kappa shape index (κ2) is 7.26. The number of carbonyl (C=O) groups is 1. The maximum absolute atomic E-state index is 13.3. The van der Waals surface area contributed by atoms with Crippen LogP contribution in [0.4, 0.5) is 5.69 Å². The van der Waals surface area contributed by atoms with Crippen molar-refractivity contribution in [2.45, 2.75) is 36.6 Å². The average Bonchev–Trinajstić information content (AvgIpc) is 3.18. The quantitative estimate of drug-likeness (QED) is 0.787. The normalized spacial score (nSPS) is 20.5. The zero-order valence-electron chi connectivity index (χ0n) is 14.8. The number of hydrogen-bond acceptors (Lipinski definition) is 3. The van der Waals surface area contributed by atoms with Gasteiger partial charge in [0.2, 0.25) is 15.9 Å². The van der Waals surface area contributed by atoms with Gasteiger partial charge in [-0.1, -0.05) is 29.8 Å². The summed E-state index contributed by atoms with van der Waals surface area (Å²) in [4.78, 5) is 15.2. The van der Waals surface area contributed by atoms with Crippen molar-refractivity contribution in [2.75, 3.05) is 18.0 Å². The number of hydrogen-bond donors (Lipinski definition) is 0. The third kappa shape index (κ3) is 3.37. The summed E-state index contributed by atoms with van der Waals surface area (Å²) >= 11 is 5.88. The maximum atomic E-state index is 13.3. The van der Waals surface area contributed by atoms with Crippen molar-refractivity contribution in [1.29, 1.82) is 0 Å². The first kappa shape index (κ1) is 18.5. The summed E-state index contributed by atoms with van der Waals surface area (Å²) < 4.78 is 27.6. The molecule has 2 aromatic rings. The largest absolute Gasteiger partial charge is 0.311 e. The van der Waals surface area contributed by atoms with E-state index in [1.807, 2.05) is 24.3 Å². The van der Waals surface area contributed by atoms with Gasteiger partial charge in [0.25, 0.3) is 0 Å². The van der Waals surface area contributed by atoms with E-state index < -0.39 is 16.1 Å². The molecule has 1 fully saturated rings. The monoisotopic (exact) mass is 404 g/mol. The van der Waals surface area contributed by atoms with Crippen molar-refractivity contribution in [2.24, 2.45) is 0 Å². The van der Waals surface area contributed by atoms with Crippen LogP contribution in [0.3, 0.4) is 0 Å². The van der Waals surface area contributed by atoms with E-state index in [1.165, 1.54) is 16.4 Å². The minimum atomic E-state index is -3.74. The molecule has 1 atom stereocenters. The van der Waals surface area contributed by atoms with Crippen molar-refractivity contribution < 1.29 is 13.2 Å². The molecule has 0 spiro atoms. The number of rotatable bonds is 3. The molecule has 4 rings (SSSR count). The molecule has 2 aliphatic heterocycles. The Bertz CT molecular complexity index is 959. The molecule has 0 unspecified atom stereocenters. The molecule has 0 aromatic heterocycles. The summed E-state index contributed by atoms with van der Waals surface area (Å²) in [6, 6.07) is 13.3. The van der Waals surface area contributed by atoms with E-state index in [2.05, 4.69) is 0 Å². The van der Waals surface area contributed by atoms with Gasteiger partial charge in [0, 0.05) is 23.8 Å². The highest BCUT2D eigenvalue weighted by molar-refractivity contribution is 7.89. The van der Waals surface area contributed by atoms with Gasteiger partial charge in [0.1, 0.15) is 6.04 Å². The van der Waals surface area contributed by atoms with Crippen LogP contribution in [0.15, 0.2) is 53.4 Å². The van der Waals surface area contributed by atoms with Crippen molar-refractivity contribution in [3.63, 3.8) is 0 Å². The van der Waals surface area contributed by atoms with Gasteiger partial charge in [-0.15, -0.1) is 0 Å². The molecule has 142 valence electrons. The third-order valence-corrected chi connectivity index (χ3v) is 7.46. The number of amides is 1. The first-order valence-electron chi connectivity index (χ1n) is 9.15. The van der Waals surface area contributed by atoms with Crippen molar-refractivity contribution in [3.8, 4) is 0 Å². The van der Waals surface area contributed by atoms with Gasteiger partial charge in [-0.25, -0.2) is 8.42 Å². The zero-order valence-corrected chi connectivity index (χ0v) is 16.4. The van der Waals surface area contributed by atoms with Gasteiger partial charge in [-0.2, -0.15) is 4.31 Å². The highest BCUT2D eigenvalue weighted by Gasteiger charge is 2.42. The molecule has 2 heterocycles. The summed E-state index contributed by atoms with van der Waals surface area (Å²) in [5.74, 6) is -0.128. The Balaban J connectivity index is 1.64. The fourth-order valence-corrected chi connectivity index (χ4v) is 5.74. The SMILES string of the molecule is O=C([C@H]1CCCN1S(=O)(=O)c1ccc(Cl)cc1)N1CCCc2ccccc21. The number of sulfonamides is 1. The minimum Gasteiger partial charge on any atom is -0.311 e. The van der Waals surface area contributed by atoms with Crippen LogP contribution in [0.2, 0.25) is 5.02 Å². The van der Waals surface area contributed by atoms with E-state index in [-0.39, 0.29) is 10.8 Å². The fourth-order valence-electron chi connectivity index (χ4n) is 3.96. The summed E-state index contributed by atoms with van der Waals surface area (Å²) in [6.45, 7) is 0.984. The highest BCUT2D eigenvalue weighted by Crippen LogP contribution is 2.32. The molecular formula is C20H21ClN2O3S. The van der Waals surface area contributed by atoms with E-state index in [1.54, 1.807) is 17.0 Å². The van der Waals surface area contributed by atoms with E-state index >= 15 is 0 Å². The highest BCUT2D eigenvalue weighted by atomic mass is 35.5. The Morgan fingerprint density at radius 2 is 1.74 bits per heavy atom. The van der Waals surface area contributed by atoms with Crippen LogP contribution < -0.4 is 4.90 Å². The molecule has 2 aromatic carbocycles. The van der Waals surface area contributed by atoms with Crippen LogP contribution in [0, 0.1) is 0 Å². The number of halogens is 1. The second-order valence-electron chi connectivity index (χ2n) is 6.95. The molecule has 1 amide bonds. The molecular weight excluding hydrogens is 384 g/mol. The van der Waals surface area contributed by atoms with Gasteiger partial charge in [-0.05, 0) is 61.6 Å². The lowest BCUT2D eigenvalue weighted by Crippen LogP contribution is -2.49. The van der Waals surface area contributed by atoms with E-state index in [0.717, 1.165) is 24.1 Å². The molecule has 2 aliphatic rings. The molecule has 5 nitrogen and oxygen atoms in total. The smallest absolute Gasteiger partial charge is 0.245 e. The Morgan fingerprint density at radius 3 is 2.52 bits per heavy atom. The van der Waals surface area contributed by atoms with Crippen LogP contribution in [-0.4, -0.2) is 37.8 Å². The van der Waals surface area contributed by atoms with Crippen LogP contribution in [0.25, 0.3) is 0 Å². The number of nitrogens with zero attached hydrogens (tertiary/aromatic N) is 2. The Morgan fingerprint density at radius 1 is 1.00 bits per heavy atom. The lowest BCUT2D eigenvalue weighted by atomic mass is 10.0. The van der Waals surface area contributed by atoms with Gasteiger partial charge in [0.05, 0.1) is 4.90 Å². The first-order valence-corrected chi connectivity index (χ1v) is 11.0. The molecule has 7 heteroatoms. The molecule has 0 radical (unpaired) electrons. The van der Waals surface area contributed by atoms with Crippen molar-refractivity contribution in [3.05, 3.63) is 59.1 Å². The molecule has 0 N–H and O–H groups in total. The van der Waals surface area contributed by atoms with Gasteiger partial charge >= 0.3 is 0 Å².